The molecule has 66 valence electrons. The second-order valence-corrected chi connectivity index (χ2v) is 2.34. The van der Waals surface area contributed by atoms with E-state index in [4.69, 9.17) is 9.63 Å². The van der Waals surface area contributed by atoms with Gasteiger partial charge >= 0.3 is 5.97 Å². The van der Waals surface area contributed by atoms with E-state index in [0.29, 0.717) is 5.69 Å². The lowest BCUT2D eigenvalue weighted by molar-refractivity contribution is 0.0697. The number of nitrogens with one attached hydrogen (secondary N) is 1. The molecule has 2 heterocycles. The fourth-order valence-corrected chi connectivity index (χ4v) is 0.969. The smallest absolute Gasteiger partial charge is 0.341 e. The predicted molar refractivity (Wildman–Crippen MR) is 41.0 cm³/mol. The predicted octanol–water partition coefficient (Wildman–Crippen LogP) is 0.763. The van der Waals surface area contributed by atoms with Gasteiger partial charge in [0.2, 0.25) is 0 Å². The van der Waals surface area contributed by atoms with Crippen molar-refractivity contribution in [1.29, 1.82) is 0 Å². The summed E-state index contributed by atoms with van der Waals surface area (Å²) in [6, 6.07) is 1.60. The van der Waals surface area contributed by atoms with Gasteiger partial charge in [-0.25, -0.2) is 4.79 Å². The van der Waals surface area contributed by atoms with Gasteiger partial charge in [-0.05, 0) is 6.07 Å². The molecule has 0 spiro atoms. The van der Waals surface area contributed by atoms with Crippen molar-refractivity contribution in [3.05, 3.63) is 24.0 Å². The highest BCUT2D eigenvalue weighted by molar-refractivity contribution is 5.93. The maximum Gasteiger partial charge on any atom is 0.341 e. The Bertz CT molecular complexity index is 418. The number of aromatic carboxylic acids is 1. The fraction of sp³-hybridized carbons (Fsp3) is 0. The van der Waals surface area contributed by atoms with Crippen LogP contribution in [0, 0.1) is 0 Å². The Balaban J connectivity index is 2.52. The fourth-order valence-electron chi connectivity index (χ4n) is 0.969. The summed E-state index contributed by atoms with van der Waals surface area (Å²) in [6.07, 6.45) is 2.65. The van der Waals surface area contributed by atoms with Crippen LogP contribution >= 0.6 is 0 Å². The molecule has 0 aliphatic heterocycles. The average Bonchev–Trinajstić information content (AvgIpc) is 2.74. The van der Waals surface area contributed by atoms with Gasteiger partial charge in [-0.1, -0.05) is 5.16 Å². The molecule has 2 aromatic rings. The van der Waals surface area contributed by atoms with Gasteiger partial charge in [0.05, 0.1) is 6.20 Å². The van der Waals surface area contributed by atoms with Crippen LogP contribution in [-0.2, 0) is 0 Å². The summed E-state index contributed by atoms with van der Waals surface area (Å²) < 4.78 is 4.77. The Morgan fingerprint density at radius 1 is 1.62 bits per heavy atom. The van der Waals surface area contributed by atoms with Crippen LogP contribution < -0.4 is 0 Å². The van der Waals surface area contributed by atoms with E-state index < -0.39 is 5.97 Å². The van der Waals surface area contributed by atoms with Crippen molar-refractivity contribution in [3.63, 3.8) is 0 Å². The Morgan fingerprint density at radius 3 is 3.08 bits per heavy atom. The molecule has 0 atom stereocenters. The van der Waals surface area contributed by atoms with Crippen LogP contribution in [0.5, 0.6) is 0 Å². The van der Waals surface area contributed by atoms with Crippen LogP contribution in [0.2, 0.25) is 0 Å². The number of H-pyrrole nitrogens is 1. The molecule has 0 saturated heterocycles. The molecule has 0 saturated carbocycles. The zero-order valence-corrected chi connectivity index (χ0v) is 6.39. The monoisotopic (exact) mass is 179 g/mol. The number of aromatic nitrogens is 3. The Kier molecular flexibility index (Phi) is 1.59. The van der Waals surface area contributed by atoms with Gasteiger partial charge in [0.1, 0.15) is 11.3 Å². The van der Waals surface area contributed by atoms with Gasteiger partial charge in [-0.2, -0.15) is 5.10 Å². The molecule has 0 fully saturated rings. The second kappa shape index (κ2) is 2.74. The minimum absolute atomic E-state index is 0.0178. The van der Waals surface area contributed by atoms with E-state index in [1.165, 1.54) is 6.20 Å². The molecule has 0 aromatic carbocycles. The zero-order valence-electron chi connectivity index (χ0n) is 6.39. The van der Waals surface area contributed by atoms with Crippen molar-refractivity contribution in [1.82, 2.24) is 15.4 Å². The SMILES string of the molecule is O=C(O)c1cnoc1-c1ccn[nH]1. The molecule has 2 rings (SSSR count). The lowest BCUT2D eigenvalue weighted by atomic mass is 10.2. The first-order valence-electron chi connectivity index (χ1n) is 3.47. The molecular formula is C7H5N3O3. The minimum atomic E-state index is -1.08. The van der Waals surface area contributed by atoms with Crippen LogP contribution in [0.4, 0.5) is 0 Å². The van der Waals surface area contributed by atoms with E-state index in [1.54, 1.807) is 6.07 Å². The molecular weight excluding hydrogens is 174 g/mol. The lowest BCUT2D eigenvalue weighted by Crippen LogP contribution is -1.95. The third-order valence-corrected chi connectivity index (χ3v) is 1.55. The molecule has 2 N–H and O–H groups in total. The zero-order chi connectivity index (χ0) is 9.26. The van der Waals surface area contributed by atoms with E-state index in [0.717, 1.165) is 6.20 Å². The van der Waals surface area contributed by atoms with Crippen molar-refractivity contribution in [2.24, 2.45) is 0 Å². The number of hydrogen-bond acceptors (Lipinski definition) is 4. The van der Waals surface area contributed by atoms with Crippen LogP contribution in [0.15, 0.2) is 23.0 Å². The molecule has 0 unspecified atom stereocenters. The Labute approximate surface area is 72.2 Å². The van der Waals surface area contributed by atoms with Crippen molar-refractivity contribution in [2.75, 3.05) is 0 Å². The highest BCUT2D eigenvalue weighted by atomic mass is 16.5. The molecule has 0 bridgehead atoms. The summed E-state index contributed by atoms with van der Waals surface area (Å²) in [6.45, 7) is 0. The van der Waals surface area contributed by atoms with Crippen LogP contribution in [0.25, 0.3) is 11.5 Å². The number of hydrogen-bond donors (Lipinski definition) is 2. The normalized spacial score (nSPS) is 10.2. The van der Waals surface area contributed by atoms with Crippen LogP contribution in [0.3, 0.4) is 0 Å². The summed E-state index contributed by atoms with van der Waals surface area (Å²) in [5.74, 6) is -0.893. The number of rotatable bonds is 2. The summed E-state index contributed by atoms with van der Waals surface area (Å²) in [4.78, 5) is 10.6. The third-order valence-electron chi connectivity index (χ3n) is 1.55. The van der Waals surface area contributed by atoms with Crippen LogP contribution in [-0.4, -0.2) is 26.4 Å². The number of nitrogens with zero attached hydrogens (tertiary/aromatic N) is 2. The lowest BCUT2D eigenvalue weighted by Gasteiger charge is -1.90. The molecule has 2 aromatic heterocycles. The molecule has 0 aliphatic carbocycles. The summed E-state index contributed by atoms with van der Waals surface area (Å²) in [5, 5.41) is 18.4. The summed E-state index contributed by atoms with van der Waals surface area (Å²) >= 11 is 0. The van der Waals surface area contributed by atoms with E-state index >= 15 is 0 Å². The van der Waals surface area contributed by atoms with Crippen molar-refractivity contribution < 1.29 is 14.4 Å². The molecule has 6 nitrogen and oxygen atoms in total. The van der Waals surface area contributed by atoms with Gasteiger partial charge in [-0.15, -0.1) is 0 Å². The largest absolute Gasteiger partial charge is 0.477 e. The van der Waals surface area contributed by atoms with E-state index in [1.807, 2.05) is 0 Å². The van der Waals surface area contributed by atoms with Gasteiger partial charge in [-0.3, -0.25) is 5.10 Å². The van der Waals surface area contributed by atoms with Crippen molar-refractivity contribution in [2.45, 2.75) is 0 Å². The van der Waals surface area contributed by atoms with Crippen molar-refractivity contribution in [3.8, 4) is 11.5 Å². The highest BCUT2D eigenvalue weighted by Crippen LogP contribution is 2.20. The average molecular weight is 179 g/mol. The first-order chi connectivity index (χ1) is 6.29. The van der Waals surface area contributed by atoms with Gasteiger partial charge in [0.25, 0.3) is 0 Å². The first-order valence-corrected chi connectivity index (χ1v) is 3.47. The topological polar surface area (TPSA) is 92.0 Å². The maximum absolute atomic E-state index is 10.6. The minimum Gasteiger partial charge on any atom is -0.477 e. The molecule has 13 heavy (non-hydrogen) atoms. The maximum atomic E-state index is 10.6. The number of carbonyl (C=O) groups is 1. The summed E-state index contributed by atoms with van der Waals surface area (Å²) in [5.41, 5.74) is 0.513. The van der Waals surface area contributed by atoms with Gasteiger partial charge in [0, 0.05) is 6.20 Å². The molecule has 0 amide bonds. The second-order valence-electron chi connectivity index (χ2n) is 2.34. The summed E-state index contributed by atoms with van der Waals surface area (Å²) in [7, 11) is 0. The van der Waals surface area contributed by atoms with Crippen LogP contribution in [0.1, 0.15) is 10.4 Å². The van der Waals surface area contributed by atoms with Gasteiger partial charge in [0.15, 0.2) is 5.76 Å². The first kappa shape index (κ1) is 7.53. The highest BCUT2D eigenvalue weighted by Gasteiger charge is 2.17. The number of carboxylic acid groups (broad SMARTS) is 1. The molecule has 6 heteroatoms. The standard InChI is InChI=1S/C7H5N3O3/c11-7(12)4-3-9-13-6(4)5-1-2-8-10-5/h1-3H,(H,8,10)(H,11,12). The third kappa shape index (κ3) is 1.18. The number of carboxylic acids is 1. The Morgan fingerprint density at radius 2 is 2.46 bits per heavy atom. The molecule has 0 aliphatic rings. The van der Waals surface area contributed by atoms with Crippen molar-refractivity contribution >= 4 is 5.97 Å². The van der Waals surface area contributed by atoms with E-state index in [2.05, 4.69) is 15.4 Å². The molecule has 0 radical (unpaired) electrons. The number of aromatic amines is 1. The van der Waals surface area contributed by atoms with E-state index in [-0.39, 0.29) is 11.3 Å². The van der Waals surface area contributed by atoms with E-state index in [9.17, 15) is 4.79 Å². The quantitative estimate of drug-likeness (QED) is 0.710. The Hall–Kier alpha value is -2.11. The van der Waals surface area contributed by atoms with Gasteiger partial charge < -0.3 is 9.63 Å².